The molecule has 94 valence electrons. The summed E-state index contributed by atoms with van der Waals surface area (Å²) in [5, 5.41) is 9.34. The van der Waals surface area contributed by atoms with Gasteiger partial charge in [0.15, 0.2) is 0 Å². The summed E-state index contributed by atoms with van der Waals surface area (Å²) < 4.78 is 5.74. The van der Waals surface area contributed by atoms with Gasteiger partial charge >= 0.3 is 0 Å². The molecule has 0 heterocycles. The second-order valence-corrected chi connectivity index (χ2v) is 4.26. The fraction of sp³-hybridized carbons (Fsp3) is 0.250. The Bertz CT molecular complexity index is 439. The minimum absolute atomic E-state index is 0.0434. The van der Waals surface area contributed by atoms with Gasteiger partial charge in [-0.25, -0.2) is 0 Å². The molecular formula is C16H18O2. The predicted octanol–water partition coefficient (Wildman–Crippen LogP) is 3.06. The van der Waals surface area contributed by atoms with Crippen molar-refractivity contribution < 1.29 is 9.84 Å². The first-order chi connectivity index (χ1) is 8.88. The van der Waals surface area contributed by atoms with Gasteiger partial charge in [0, 0.05) is 0 Å². The summed E-state index contributed by atoms with van der Waals surface area (Å²) in [6, 6.07) is 19.9. The van der Waals surface area contributed by atoms with Crippen LogP contribution in [0.15, 0.2) is 60.7 Å². The molecule has 0 aliphatic heterocycles. The smallest absolute Gasteiger partial charge is 0.122 e. The van der Waals surface area contributed by atoms with Gasteiger partial charge in [-0.15, -0.1) is 0 Å². The first-order valence-corrected chi connectivity index (χ1v) is 6.25. The maximum Gasteiger partial charge on any atom is 0.122 e. The molecule has 0 aliphatic carbocycles. The van der Waals surface area contributed by atoms with E-state index in [-0.39, 0.29) is 12.7 Å². The molecule has 18 heavy (non-hydrogen) atoms. The van der Waals surface area contributed by atoms with Crippen molar-refractivity contribution in [3.63, 3.8) is 0 Å². The number of aliphatic hydroxyl groups is 1. The van der Waals surface area contributed by atoms with Crippen molar-refractivity contribution in [3.05, 3.63) is 66.2 Å². The van der Waals surface area contributed by atoms with E-state index in [2.05, 4.69) is 12.1 Å². The van der Waals surface area contributed by atoms with E-state index in [0.717, 1.165) is 18.6 Å². The van der Waals surface area contributed by atoms with Crippen LogP contribution in [0, 0.1) is 0 Å². The monoisotopic (exact) mass is 242 g/mol. The molecule has 2 aromatic rings. The molecule has 1 unspecified atom stereocenters. The molecule has 2 aromatic carbocycles. The van der Waals surface area contributed by atoms with Crippen LogP contribution in [0.25, 0.3) is 0 Å². The van der Waals surface area contributed by atoms with Crippen molar-refractivity contribution in [2.24, 2.45) is 0 Å². The first kappa shape index (κ1) is 12.7. The number of aryl methyl sites for hydroxylation is 1. The Morgan fingerprint density at radius 2 is 1.50 bits per heavy atom. The summed E-state index contributed by atoms with van der Waals surface area (Å²) in [6.45, 7) is 0.0434. The Hall–Kier alpha value is -1.80. The summed E-state index contributed by atoms with van der Waals surface area (Å²) in [7, 11) is 0. The van der Waals surface area contributed by atoms with Crippen molar-refractivity contribution in [2.45, 2.75) is 18.9 Å². The maximum atomic E-state index is 9.34. The highest BCUT2D eigenvalue weighted by molar-refractivity contribution is 5.21. The van der Waals surface area contributed by atoms with Gasteiger partial charge in [-0.05, 0) is 30.5 Å². The molecule has 0 amide bonds. The van der Waals surface area contributed by atoms with Gasteiger partial charge in [0.25, 0.3) is 0 Å². The van der Waals surface area contributed by atoms with E-state index in [1.807, 2.05) is 48.5 Å². The lowest BCUT2D eigenvalue weighted by Crippen LogP contribution is -2.21. The average Bonchev–Trinajstić information content (AvgIpc) is 2.45. The SMILES string of the molecule is OCC(CCc1ccccc1)Oc1ccccc1. The van der Waals surface area contributed by atoms with Crippen LogP contribution in [0.3, 0.4) is 0 Å². The molecule has 0 spiro atoms. The van der Waals surface area contributed by atoms with E-state index in [1.165, 1.54) is 5.56 Å². The normalized spacial score (nSPS) is 12.1. The van der Waals surface area contributed by atoms with E-state index in [4.69, 9.17) is 4.74 Å². The highest BCUT2D eigenvalue weighted by Gasteiger charge is 2.09. The van der Waals surface area contributed by atoms with Gasteiger partial charge in [0.2, 0.25) is 0 Å². The third kappa shape index (κ3) is 3.90. The van der Waals surface area contributed by atoms with Crippen LogP contribution >= 0.6 is 0 Å². The van der Waals surface area contributed by atoms with Crippen LogP contribution in [-0.4, -0.2) is 17.8 Å². The van der Waals surface area contributed by atoms with Crippen LogP contribution in [0.5, 0.6) is 5.75 Å². The average molecular weight is 242 g/mol. The lowest BCUT2D eigenvalue weighted by Gasteiger charge is -2.16. The molecule has 1 atom stereocenters. The number of para-hydroxylation sites is 1. The van der Waals surface area contributed by atoms with Gasteiger partial charge in [-0.3, -0.25) is 0 Å². The molecule has 0 radical (unpaired) electrons. The first-order valence-electron chi connectivity index (χ1n) is 6.25. The van der Waals surface area contributed by atoms with Crippen molar-refractivity contribution in [1.82, 2.24) is 0 Å². The third-order valence-corrected chi connectivity index (χ3v) is 2.85. The quantitative estimate of drug-likeness (QED) is 0.843. The third-order valence-electron chi connectivity index (χ3n) is 2.85. The van der Waals surface area contributed by atoms with E-state index in [1.54, 1.807) is 0 Å². The van der Waals surface area contributed by atoms with Crippen LogP contribution in [0.2, 0.25) is 0 Å². The van der Waals surface area contributed by atoms with Crippen molar-refractivity contribution >= 4 is 0 Å². The van der Waals surface area contributed by atoms with Gasteiger partial charge < -0.3 is 9.84 Å². The fourth-order valence-electron chi connectivity index (χ4n) is 1.85. The molecule has 2 rings (SSSR count). The zero-order chi connectivity index (χ0) is 12.6. The Balaban J connectivity index is 1.86. The number of hydrogen-bond acceptors (Lipinski definition) is 2. The predicted molar refractivity (Wildman–Crippen MR) is 72.7 cm³/mol. The molecular weight excluding hydrogens is 224 g/mol. The van der Waals surface area contributed by atoms with Gasteiger partial charge in [-0.1, -0.05) is 48.5 Å². The molecule has 0 aromatic heterocycles. The van der Waals surface area contributed by atoms with Gasteiger partial charge in [0.05, 0.1) is 6.61 Å². The van der Waals surface area contributed by atoms with Crippen LogP contribution in [0.1, 0.15) is 12.0 Å². The van der Waals surface area contributed by atoms with Crippen molar-refractivity contribution in [1.29, 1.82) is 0 Å². The number of rotatable bonds is 6. The van der Waals surface area contributed by atoms with E-state index in [9.17, 15) is 5.11 Å². The Labute approximate surface area is 108 Å². The molecule has 0 saturated carbocycles. The van der Waals surface area contributed by atoms with Crippen molar-refractivity contribution in [2.75, 3.05) is 6.61 Å². The second kappa shape index (κ2) is 6.82. The highest BCUT2D eigenvalue weighted by atomic mass is 16.5. The molecule has 2 heteroatoms. The maximum absolute atomic E-state index is 9.34. The number of ether oxygens (including phenoxy) is 1. The minimum Gasteiger partial charge on any atom is -0.488 e. The summed E-state index contributed by atoms with van der Waals surface area (Å²) >= 11 is 0. The summed E-state index contributed by atoms with van der Waals surface area (Å²) in [5.41, 5.74) is 1.27. The molecule has 0 aliphatic rings. The number of aliphatic hydroxyl groups excluding tert-OH is 1. The lowest BCUT2D eigenvalue weighted by molar-refractivity contribution is 0.109. The van der Waals surface area contributed by atoms with E-state index in [0.29, 0.717) is 0 Å². The van der Waals surface area contributed by atoms with Crippen molar-refractivity contribution in [3.8, 4) is 5.75 Å². The summed E-state index contributed by atoms with van der Waals surface area (Å²) in [5.74, 6) is 0.810. The minimum atomic E-state index is -0.146. The molecule has 0 fully saturated rings. The van der Waals surface area contributed by atoms with Crippen LogP contribution in [-0.2, 0) is 6.42 Å². The number of hydrogen-bond donors (Lipinski definition) is 1. The largest absolute Gasteiger partial charge is 0.488 e. The zero-order valence-corrected chi connectivity index (χ0v) is 10.3. The van der Waals surface area contributed by atoms with Gasteiger partial charge in [-0.2, -0.15) is 0 Å². The molecule has 0 bridgehead atoms. The Morgan fingerprint density at radius 3 is 2.11 bits per heavy atom. The van der Waals surface area contributed by atoms with Crippen LogP contribution < -0.4 is 4.74 Å². The van der Waals surface area contributed by atoms with E-state index >= 15 is 0 Å². The Morgan fingerprint density at radius 1 is 0.889 bits per heavy atom. The van der Waals surface area contributed by atoms with Crippen LogP contribution in [0.4, 0.5) is 0 Å². The van der Waals surface area contributed by atoms with E-state index < -0.39 is 0 Å². The Kier molecular flexibility index (Phi) is 4.79. The summed E-state index contributed by atoms with van der Waals surface area (Å²) in [6.07, 6.45) is 1.58. The molecule has 2 nitrogen and oxygen atoms in total. The topological polar surface area (TPSA) is 29.5 Å². The summed E-state index contributed by atoms with van der Waals surface area (Å²) in [4.78, 5) is 0. The molecule has 0 saturated heterocycles. The lowest BCUT2D eigenvalue weighted by atomic mass is 10.1. The zero-order valence-electron chi connectivity index (χ0n) is 10.3. The molecule has 1 N–H and O–H groups in total. The van der Waals surface area contributed by atoms with Gasteiger partial charge in [0.1, 0.15) is 11.9 Å². The number of benzene rings is 2. The highest BCUT2D eigenvalue weighted by Crippen LogP contribution is 2.14. The fourth-order valence-corrected chi connectivity index (χ4v) is 1.85. The second-order valence-electron chi connectivity index (χ2n) is 4.26. The standard InChI is InChI=1S/C16H18O2/c17-13-16(18-15-9-5-2-6-10-15)12-11-14-7-3-1-4-8-14/h1-10,16-17H,11-13H2.